The lowest BCUT2D eigenvalue weighted by Gasteiger charge is -2.41. The largest absolute Gasteiger partial charge is 0.321 e. The Hall–Kier alpha value is -0.890. The Kier molecular flexibility index (Phi) is 3.02. The molecule has 0 radical (unpaired) electrons. The van der Waals surface area contributed by atoms with Gasteiger partial charge in [0.05, 0.1) is 0 Å². The molecule has 0 amide bonds. The quantitative estimate of drug-likeness (QED) is 0.771. The fourth-order valence-electron chi connectivity index (χ4n) is 2.92. The monoisotopic (exact) mass is 221 g/mol. The highest BCUT2D eigenvalue weighted by Gasteiger charge is 2.36. The summed E-state index contributed by atoms with van der Waals surface area (Å²) in [5.41, 5.74) is 8.41. The first-order valence-electron chi connectivity index (χ1n) is 6.09. The minimum absolute atomic E-state index is 0.173. The predicted molar refractivity (Wildman–Crippen MR) is 64.6 cm³/mol. The van der Waals surface area contributed by atoms with Crippen LogP contribution in [0.5, 0.6) is 0 Å². The van der Waals surface area contributed by atoms with Crippen molar-refractivity contribution in [2.24, 2.45) is 11.7 Å². The Morgan fingerprint density at radius 2 is 2.12 bits per heavy atom. The van der Waals surface area contributed by atoms with Gasteiger partial charge >= 0.3 is 0 Å². The maximum Gasteiger partial charge on any atom is 0.123 e. The molecule has 0 aliphatic heterocycles. The van der Waals surface area contributed by atoms with Gasteiger partial charge in [-0.25, -0.2) is 4.39 Å². The first-order chi connectivity index (χ1) is 7.54. The number of hydrogen-bond donors (Lipinski definition) is 1. The third kappa shape index (κ3) is 1.86. The topological polar surface area (TPSA) is 26.0 Å². The van der Waals surface area contributed by atoms with E-state index < -0.39 is 0 Å². The van der Waals surface area contributed by atoms with Gasteiger partial charge in [0.2, 0.25) is 0 Å². The number of benzene rings is 1. The second kappa shape index (κ2) is 4.17. The predicted octanol–water partition coefficient (Wildman–Crippen LogP) is 3.50. The van der Waals surface area contributed by atoms with E-state index in [1.54, 1.807) is 6.07 Å². The number of hydrogen-bond acceptors (Lipinski definition) is 1. The Balaban J connectivity index is 2.41. The second-order valence-corrected chi connectivity index (χ2v) is 5.15. The van der Waals surface area contributed by atoms with Gasteiger partial charge in [-0.1, -0.05) is 25.8 Å². The molecule has 1 aliphatic rings. The molecule has 1 aromatic carbocycles. The van der Waals surface area contributed by atoms with Crippen LogP contribution in [-0.4, -0.2) is 0 Å². The van der Waals surface area contributed by atoms with E-state index in [4.69, 9.17) is 5.73 Å². The zero-order valence-electron chi connectivity index (χ0n) is 10.1. The highest BCUT2D eigenvalue weighted by atomic mass is 19.1. The molecule has 0 heterocycles. The summed E-state index contributed by atoms with van der Waals surface area (Å²) in [6, 6.07) is 4.98. The molecule has 0 saturated heterocycles. The Morgan fingerprint density at radius 1 is 1.38 bits per heavy atom. The molecule has 2 N–H and O–H groups in total. The molecule has 0 bridgehead atoms. The molecular formula is C14H20FN. The number of aryl methyl sites for hydroxylation is 1. The summed E-state index contributed by atoms with van der Waals surface area (Å²) in [6.07, 6.45) is 4.63. The number of halogens is 1. The molecule has 1 fully saturated rings. The minimum Gasteiger partial charge on any atom is -0.321 e. The average Bonchev–Trinajstić information content (AvgIpc) is 2.22. The SMILES string of the molecule is Cc1cc(F)ccc1C1(N)CCCCC1C. The molecular weight excluding hydrogens is 201 g/mol. The van der Waals surface area contributed by atoms with E-state index in [1.807, 2.05) is 13.0 Å². The molecule has 88 valence electrons. The van der Waals surface area contributed by atoms with Gasteiger partial charge in [0.15, 0.2) is 0 Å². The third-order valence-corrected chi connectivity index (χ3v) is 4.05. The summed E-state index contributed by atoms with van der Waals surface area (Å²) in [4.78, 5) is 0. The maximum atomic E-state index is 13.1. The zero-order chi connectivity index (χ0) is 11.8. The van der Waals surface area contributed by atoms with Crippen LogP contribution in [0.2, 0.25) is 0 Å². The summed E-state index contributed by atoms with van der Waals surface area (Å²) in [7, 11) is 0. The van der Waals surface area contributed by atoms with E-state index in [1.165, 1.54) is 25.3 Å². The van der Waals surface area contributed by atoms with Crippen molar-refractivity contribution in [1.82, 2.24) is 0 Å². The normalized spacial score (nSPS) is 30.4. The molecule has 16 heavy (non-hydrogen) atoms. The third-order valence-electron chi connectivity index (χ3n) is 4.05. The van der Waals surface area contributed by atoms with Crippen LogP contribution in [0.1, 0.15) is 43.7 Å². The molecule has 1 aliphatic carbocycles. The molecule has 1 nitrogen and oxygen atoms in total. The van der Waals surface area contributed by atoms with Crippen molar-refractivity contribution < 1.29 is 4.39 Å². The zero-order valence-corrected chi connectivity index (χ0v) is 10.1. The molecule has 0 aromatic heterocycles. The maximum absolute atomic E-state index is 13.1. The first kappa shape index (κ1) is 11.6. The molecule has 1 saturated carbocycles. The summed E-state index contributed by atoms with van der Waals surface area (Å²) in [5, 5.41) is 0. The van der Waals surface area contributed by atoms with E-state index in [0.29, 0.717) is 5.92 Å². The Labute approximate surface area is 96.9 Å². The van der Waals surface area contributed by atoms with Gasteiger partial charge in [-0.2, -0.15) is 0 Å². The van der Waals surface area contributed by atoms with Crippen molar-refractivity contribution >= 4 is 0 Å². The fourth-order valence-corrected chi connectivity index (χ4v) is 2.92. The molecule has 1 aromatic rings. The van der Waals surface area contributed by atoms with E-state index in [-0.39, 0.29) is 11.4 Å². The number of rotatable bonds is 1. The van der Waals surface area contributed by atoms with Crippen molar-refractivity contribution in [1.29, 1.82) is 0 Å². The van der Waals surface area contributed by atoms with Crippen LogP contribution in [0, 0.1) is 18.7 Å². The van der Waals surface area contributed by atoms with E-state index in [0.717, 1.165) is 17.5 Å². The van der Waals surface area contributed by atoms with Gasteiger partial charge in [0, 0.05) is 5.54 Å². The lowest BCUT2D eigenvalue weighted by molar-refractivity contribution is 0.206. The van der Waals surface area contributed by atoms with Gasteiger partial charge in [-0.15, -0.1) is 0 Å². The van der Waals surface area contributed by atoms with Crippen molar-refractivity contribution in [3.05, 3.63) is 35.1 Å². The minimum atomic E-state index is -0.254. The molecule has 2 heteroatoms. The van der Waals surface area contributed by atoms with Crippen LogP contribution in [0.3, 0.4) is 0 Å². The summed E-state index contributed by atoms with van der Waals surface area (Å²) in [6.45, 7) is 4.16. The van der Waals surface area contributed by atoms with Crippen molar-refractivity contribution in [3.63, 3.8) is 0 Å². The average molecular weight is 221 g/mol. The van der Waals surface area contributed by atoms with E-state index >= 15 is 0 Å². The van der Waals surface area contributed by atoms with Crippen LogP contribution in [0.25, 0.3) is 0 Å². The molecule has 0 spiro atoms. The van der Waals surface area contributed by atoms with Crippen LogP contribution in [-0.2, 0) is 5.54 Å². The molecule has 2 atom stereocenters. The highest BCUT2D eigenvalue weighted by molar-refractivity contribution is 5.34. The van der Waals surface area contributed by atoms with Gasteiger partial charge in [0.1, 0.15) is 5.82 Å². The van der Waals surface area contributed by atoms with Crippen molar-refractivity contribution in [3.8, 4) is 0 Å². The van der Waals surface area contributed by atoms with Crippen LogP contribution < -0.4 is 5.73 Å². The molecule has 2 unspecified atom stereocenters. The second-order valence-electron chi connectivity index (χ2n) is 5.15. The molecule has 2 rings (SSSR count). The highest BCUT2D eigenvalue weighted by Crippen LogP contribution is 2.40. The summed E-state index contributed by atoms with van der Waals surface area (Å²) >= 11 is 0. The van der Waals surface area contributed by atoms with E-state index in [9.17, 15) is 4.39 Å². The van der Waals surface area contributed by atoms with Gasteiger partial charge < -0.3 is 5.73 Å². The Bertz CT molecular complexity index is 388. The first-order valence-corrected chi connectivity index (χ1v) is 6.09. The number of nitrogens with two attached hydrogens (primary N) is 1. The summed E-state index contributed by atoms with van der Waals surface area (Å²) in [5.74, 6) is 0.304. The lowest BCUT2D eigenvalue weighted by Crippen LogP contribution is -2.45. The van der Waals surface area contributed by atoms with Crippen LogP contribution in [0.4, 0.5) is 4.39 Å². The van der Waals surface area contributed by atoms with Crippen LogP contribution >= 0.6 is 0 Å². The van der Waals surface area contributed by atoms with Gasteiger partial charge in [-0.3, -0.25) is 0 Å². The smallest absolute Gasteiger partial charge is 0.123 e. The van der Waals surface area contributed by atoms with Gasteiger partial charge in [0.25, 0.3) is 0 Å². The van der Waals surface area contributed by atoms with Crippen molar-refractivity contribution in [2.45, 2.75) is 45.1 Å². The summed E-state index contributed by atoms with van der Waals surface area (Å²) < 4.78 is 13.1. The van der Waals surface area contributed by atoms with E-state index in [2.05, 4.69) is 6.92 Å². The lowest BCUT2D eigenvalue weighted by atomic mass is 9.69. The Morgan fingerprint density at radius 3 is 2.75 bits per heavy atom. The fraction of sp³-hybridized carbons (Fsp3) is 0.571. The standard InChI is InChI=1S/C14H20FN/c1-10-9-12(15)6-7-13(10)14(16)8-4-3-5-11(14)2/h6-7,9,11H,3-5,8,16H2,1-2H3. The van der Waals surface area contributed by atoms with Crippen molar-refractivity contribution in [2.75, 3.05) is 0 Å². The van der Waals surface area contributed by atoms with Crippen LogP contribution in [0.15, 0.2) is 18.2 Å². The van der Waals surface area contributed by atoms with Gasteiger partial charge in [-0.05, 0) is 48.9 Å².